The van der Waals surface area contributed by atoms with E-state index in [0.717, 1.165) is 18.8 Å². The first kappa shape index (κ1) is 8.34. The molecule has 62 valence electrons. The van der Waals surface area contributed by atoms with Gasteiger partial charge in [0, 0.05) is 11.7 Å². The van der Waals surface area contributed by atoms with Crippen molar-refractivity contribution < 1.29 is 0 Å². The van der Waals surface area contributed by atoms with Gasteiger partial charge >= 0.3 is 0 Å². The zero-order valence-electron chi connectivity index (χ0n) is 6.90. The molecule has 0 amide bonds. The summed E-state index contributed by atoms with van der Waals surface area (Å²) in [6.45, 7) is 9.69. The Hall–Kier alpha value is -0.760. The molecule has 1 aliphatic rings. The lowest BCUT2D eigenvalue weighted by Crippen LogP contribution is -2.39. The first-order valence-corrected chi connectivity index (χ1v) is 4.11. The van der Waals surface area contributed by atoms with Crippen molar-refractivity contribution in [2.45, 2.75) is 18.9 Å². The highest BCUT2D eigenvalue weighted by atomic mass is 15.0. The molecule has 0 atom stereocenters. The van der Waals surface area contributed by atoms with E-state index in [-0.39, 0.29) is 0 Å². The highest BCUT2D eigenvalue weighted by molar-refractivity contribution is 5.09. The van der Waals surface area contributed by atoms with Crippen LogP contribution in [0.2, 0.25) is 0 Å². The second-order valence-corrected chi connectivity index (χ2v) is 2.90. The van der Waals surface area contributed by atoms with Gasteiger partial charge in [-0.2, -0.15) is 0 Å². The van der Waals surface area contributed by atoms with Crippen LogP contribution in [0.4, 0.5) is 0 Å². The Morgan fingerprint density at radius 1 is 1.45 bits per heavy atom. The second-order valence-electron chi connectivity index (χ2n) is 2.90. The van der Waals surface area contributed by atoms with Crippen LogP contribution >= 0.6 is 0 Å². The van der Waals surface area contributed by atoms with Crippen molar-refractivity contribution in [1.82, 2.24) is 10.6 Å². The summed E-state index contributed by atoms with van der Waals surface area (Å²) < 4.78 is 0. The molecule has 0 spiro atoms. The summed E-state index contributed by atoms with van der Waals surface area (Å²) in [5.74, 6) is 0. The quantitative estimate of drug-likeness (QED) is 0.590. The lowest BCUT2D eigenvalue weighted by molar-refractivity contribution is 0.415. The monoisotopic (exact) mass is 152 g/mol. The molecule has 0 aliphatic carbocycles. The van der Waals surface area contributed by atoms with E-state index in [4.69, 9.17) is 0 Å². The molecule has 2 nitrogen and oxygen atoms in total. The van der Waals surface area contributed by atoms with E-state index in [1.54, 1.807) is 6.08 Å². The van der Waals surface area contributed by atoms with Gasteiger partial charge in [-0.15, -0.1) is 0 Å². The molecule has 0 radical (unpaired) electrons. The van der Waals surface area contributed by atoms with E-state index in [2.05, 4.69) is 23.8 Å². The van der Waals surface area contributed by atoms with Gasteiger partial charge in [-0.05, 0) is 32.0 Å². The van der Waals surface area contributed by atoms with E-state index in [9.17, 15) is 0 Å². The lowest BCUT2D eigenvalue weighted by Gasteiger charge is -2.24. The smallest absolute Gasteiger partial charge is 0.0285 e. The highest BCUT2D eigenvalue weighted by Gasteiger charge is 2.11. The van der Waals surface area contributed by atoms with Crippen LogP contribution in [0.3, 0.4) is 0 Å². The maximum Gasteiger partial charge on any atom is 0.0285 e. The molecule has 0 aromatic carbocycles. The molecular weight excluding hydrogens is 136 g/mol. The van der Waals surface area contributed by atoms with Crippen molar-refractivity contribution in [3.05, 3.63) is 24.9 Å². The Labute approximate surface area is 68.4 Å². The fourth-order valence-electron chi connectivity index (χ4n) is 1.29. The van der Waals surface area contributed by atoms with Gasteiger partial charge in [-0.3, -0.25) is 0 Å². The second kappa shape index (κ2) is 4.19. The van der Waals surface area contributed by atoms with Crippen molar-refractivity contribution in [2.75, 3.05) is 13.1 Å². The number of hydrogen-bond donors (Lipinski definition) is 2. The van der Waals surface area contributed by atoms with Crippen molar-refractivity contribution in [3.63, 3.8) is 0 Å². The lowest BCUT2D eigenvalue weighted by atomic mass is 10.1. The third kappa shape index (κ3) is 2.76. The molecule has 0 bridgehead atoms. The first-order chi connectivity index (χ1) is 5.33. The summed E-state index contributed by atoms with van der Waals surface area (Å²) in [6, 6.07) is 0.599. The van der Waals surface area contributed by atoms with Gasteiger partial charge in [-0.1, -0.05) is 13.2 Å². The van der Waals surface area contributed by atoms with E-state index in [1.807, 2.05) is 0 Å². The number of allylic oxidation sites excluding steroid dienone is 1. The maximum atomic E-state index is 3.82. The Morgan fingerprint density at radius 3 is 2.64 bits per heavy atom. The Bertz CT molecular complexity index is 146. The average molecular weight is 152 g/mol. The third-order valence-electron chi connectivity index (χ3n) is 1.98. The molecule has 1 fully saturated rings. The predicted molar refractivity (Wildman–Crippen MR) is 48.4 cm³/mol. The molecule has 0 aromatic rings. The van der Waals surface area contributed by atoms with E-state index in [1.165, 1.54) is 12.8 Å². The molecule has 1 aliphatic heterocycles. The Morgan fingerprint density at radius 2 is 2.09 bits per heavy atom. The third-order valence-corrected chi connectivity index (χ3v) is 1.98. The van der Waals surface area contributed by atoms with Crippen molar-refractivity contribution in [2.24, 2.45) is 0 Å². The Kier molecular flexibility index (Phi) is 3.17. The number of rotatable bonds is 3. The van der Waals surface area contributed by atoms with Crippen LogP contribution in [0.1, 0.15) is 12.8 Å². The first-order valence-electron chi connectivity index (χ1n) is 4.11. The van der Waals surface area contributed by atoms with Gasteiger partial charge in [-0.25, -0.2) is 0 Å². The summed E-state index contributed by atoms with van der Waals surface area (Å²) in [5.41, 5.74) is 0.942. The van der Waals surface area contributed by atoms with Gasteiger partial charge in [0.1, 0.15) is 0 Å². The van der Waals surface area contributed by atoms with Crippen molar-refractivity contribution in [3.8, 4) is 0 Å². The molecule has 11 heavy (non-hydrogen) atoms. The molecule has 2 N–H and O–H groups in total. The summed E-state index contributed by atoms with van der Waals surface area (Å²) in [5, 5.41) is 6.63. The summed E-state index contributed by atoms with van der Waals surface area (Å²) in [7, 11) is 0. The minimum Gasteiger partial charge on any atom is -0.383 e. The Balaban J connectivity index is 2.24. The molecule has 0 aromatic heterocycles. The summed E-state index contributed by atoms with van der Waals surface area (Å²) in [6.07, 6.45) is 4.14. The van der Waals surface area contributed by atoms with Crippen LogP contribution < -0.4 is 10.6 Å². The van der Waals surface area contributed by atoms with Gasteiger partial charge in [0.2, 0.25) is 0 Å². The fraction of sp³-hybridized carbons (Fsp3) is 0.556. The normalized spacial score (nSPS) is 19.3. The fourth-order valence-corrected chi connectivity index (χ4v) is 1.29. The molecule has 1 saturated heterocycles. The topological polar surface area (TPSA) is 24.1 Å². The molecule has 0 unspecified atom stereocenters. The van der Waals surface area contributed by atoms with Crippen LogP contribution in [0.25, 0.3) is 0 Å². The standard InChI is InChI=1S/C9H16N2/c1-3-8(2)11-9-4-6-10-7-5-9/h3,9-11H,1-2,4-7H2. The predicted octanol–water partition coefficient (Wildman–Crippen LogP) is 1.03. The molecule has 1 rings (SSSR count). The number of piperidine rings is 1. The van der Waals surface area contributed by atoms with Crippen molar-refractivity contribution >= 4 is 0 Å². The minimum atomic E-state index is 0.599. The van der Waals surface area contributed by atoms with Crippen LogP contribution in [-0.2, 0) is 0 Å². The van der Waals surface area contributed by atoms with Gasteiger partial charge in [0.15, 0.2) is 0 Å². The molecule has 1 heterocycles. The van der Waals surface area contributed by atoms with E-state index in [0.29, 0.717) is 6.04 Å². The zero-order chi connectivity index (χ0) is 8.10. The molecule has 0 saturated carbocycles. The van der Waals surface area contributed by atoms with Gasteiger partial charge < -0.3 is 10.6 Å². The molecule has 2 heteroatoms. The maximum absolute atomic E-state index is 3.82. The largest absolute Gasteiger partial charge is 0.383 e. The van der Waals surface area contributed by atoms with E-state index >= 15 is 0 Å². The van der Waals surface area contributed by atoms with Gasteiger partial charge in [0.25, 0.3) is 0 Å². The number of nitrogens with one attached hydrogen (secondary N) is 2. The SMILES string of the molecule is C=CC(=C)NC1CCNCC1. The van der Waals surface area contributed by atoms with Crippen LogP contribution in [0, 0.1) is 0 Å². The summed E-state index contributed by atoms with van der Waals surface area (Å²) in [4.78, 5) is 0. The molecular formula is C9H16N2. The van der Waals surface area contributed by atoms with Gasteiger partial charge in [0.05, 0.1) is 0 Å². The van der Waals surface area contributed by atoms with E-state index < -0.39 is 0 Å². The average Bonchev–Trinajstić information content (AvgIpc) is 2.06. The van der Waals surface area contributed by atoms with Crippen LogP contribution in [-0.4, -0.2) is 19.1 Å². The summed E-state index contributed by atoms with van der Waals surface area (Å²) >= 11 is 0. The van der Waals surface area contributed by atoms with Crippen LogP contribution in [0.5, 0.6) is 0 Å². The zero-order valence-corrected chi connectivity index (χ0v) is 6.90. The number of hydrogen-bond acceptors (Lipinski definition) is 2. The highest BCUT2D eigenvalue weighted by Crippen LogP contribution is 2.03. The minimum absolute atomic E-state index is 0.599. The van der Waals surface area contributed by atoms with Crippen molar-refractivity contribution in [1.29, 1.82) is 0 Å². The van der Waals surface area contributed by atoms with Crippen LogP contribution in [0.15, 0.2) is 24.9 Å².